The van der Waals surface area contributed by atoms with Crippen molar-refractivity contribution in [2.24, 2.45) is 0 Å². The number of halogens is 1. The highest BCUT2D eigenvalue weighted by Crippen LogP contribution is 2.30. The van der Waals surface area contributed by atoms with E-state index in [0.717, 1.165) is 11.8 Å². The standard InChI is InChI=1S/C16H15BrO5S/c1-23(19,20)22-16-9-13(14(18)10-17)7-8-15(16)21-11-12-5-3-2-4-6-12/h2-9H,10-11H2,1H3. The summed E-state index contributed by atoms with van der Waals surface area (Å²) >= 11 is 3.08. The Morgan fingerprint density at radius 2 is 1.78 bits per heavy atom. The van der Waals surface area contributed by atoms with Gasteiger partial charge >= 0.3 is 10.1 Å². The molecule has 7 heteroatoms. The zero-order valence-electron chi connectivity index (χ0n) is 12.4. The fraction of sp³-hybridized carbons (Fsp3) is 0.188. The van der Waals surface area contributed by atoms with Crippen LogP contribution in [0.3, 0.4) is 0 Å². The van der Waals surface area contributed by atoms with E-state index in [1.54, 1.807) is 6.07 Å². The maximum atomic E-state index is 11.7. The Kier molecular flexibility index (Phi) is 5.79. The summed E-state index contributed by atoms with van der Waals surface area (Å²) in [6.45, 7) is 0.257. The third kappa shape index (κ3) is 5.37. The molecule has 0 atom stereocenters. The maximum Gasteiger partial charge on any atom is 0.306 e. The number of Topliss-reactive ketones (excluding diaryl/α,β-unsaturated/α-hetero) is 1. The van der Waals surface area contributed by atoms with Crippen molar-refractivity contribution in [1.29, 1.82) is 0 Å². The van der Waals surface area contributed by atoms with Gasteiger partial charge in [-0.15, -0.1) is 0 Å². The highest BCUT2D eigenvalue weighted by Gasteiger charge is 2.15. The van der Waals surface area contributed by atoms with Crippen molar-refractivity contribution >= 4 is 31.8 Å². The van der Waals surface area contributed by atoms with Crippen molar-refractivity contribution < 1.29 is 22.1 Å². The molecule has 2 rings (SSSR count). The molecule has 0 fully saturated rings. The fourth-order valence-corrected chi connectivity index (χ4v) is 2.62. The first kappa shape index (κ1) is 17.5. The van der Waals surface area contributed by atoms with Crippen molar-refractivity contribution in [3.63, 3.8) is 0 Å². The van der Waals surface area contributed by atoms with Crippen LogP contribution in [0.5, 0.6) is 11.5 Å². The highest BCUT2D eigenvalue weighted by atomic mass is 79.9. The van der Waals surface area contributed by atoms with E-state index in [1.165, 1.54) is 12.1 Å². The Morgan fingerprint density at radius 3 is 2.39 bits per heavy atom. The van der Waals surface area contributed by atoms with Crippen LogP contribution in [-0.4, -0.2) is 25.8 Å². The molecule has 0 spiro atoms. The Bertz CT molecular complexity index is 787. The minimum Gasteiger partial charge on any atom is -0.485 e. The van der Waals surface area contributed by atoms with Crippen molar-refractivity contribution in [1.82, 2.24) is 0 Å². The van der Waals surface area contributed by atoms with E-state index in [2.05, 4.69) is 15.9 Å². The second-order valence-corrected chi connectivity index (χ2v) is 6.92. The van der Waals surface area contributed by atoms with E-state index in [-0.39, 0.29) is 29.2 Å². The summed E-state index contributed by atoms with van der Waals surface area (Å²) < 4.78 is 33.4. The predicted octanol–water partition coefficient (Wildman–Crippen LogP) is 3.18. The van der Waals surface area contributed by atoms with Gasteiger partial charge in [-0.05, 0) is 23.8 Å². The molecule has 0 saturated carbocycles. The number of carbonyl (C=O) groups excluding carboxylic acids is 1. The summed E-state index contributed by atoms with van der Waals surface area (Å²) in [7, 11) is -3.73. The lowest BCUT2D eigenvalue weighted by molar-refractivity contribution is 0.102. The summed E-state index contributed by atoms with van der Waals surface area (Å²) in [5.41, 5.74) is 1.27. The van der Waals surface area contributed by atoms with Gasteiger partial charge in [0.05, 0.1) is 11.6 Å². The van der Waals surface area contributed by atoms with E-state index in [0.29, 0.717) is 5.56 Å². The van der Waals surface area contributed by atoms with Crippen molar-refractivity contribution in [2.45, 2.75) is 6.61 Å². The van der Waals surface area contributed by atoms with Gasteiger partial charge in [0.25, 0.3) is 0 Å². The van der Waals surface area contributed by atoms with Crippen LogP contribution in [0.25, 0.3) is 0 Å². The van der Waals surface area contributed by atoms with Gasteiger partial charge in [0, 0.05) is 5.56 Å². The fourth-order valence-electron chi connectivity index (χ4n) is 1.84. The summed E-state index contributed by atoms with van der Waals surface area (Å²) in [6, 6.07) is 13.9. The molecule has 0 aliphatic heterocycles. The molecular weight excluding hydrogens is 384 g/mol. The summed E-state index contributed by atoms with van der Waals surface area (Å²) in [6.07, 6.45) is 0.937. The monoisotopic (exact) mass is 398 g/mol. The Labute approximate surface area is 143 Å². The summed E-state index contributed by atoms with van der Waals surface area (Å²) in [4.78, 5) is 11.7. The number of alkyl halides is 1. The lowest BCUT2D eigenvalue weighted by atomic mass is 10.1. The van der Waals surface area contributed by atoms with Crippen LogP contribution in [0, 0.1) is 0 Å². The number of ether oxygens (including phenoxy) is 1. The van der Waals surface area contributed by atoms with Gasteiger partial charge in [-0.2, -0.15) is 8.42 Å². The third-order valence-corrected chi connectivity index (χ3v) is 3.86. The van der Waals surface area contributed by atoms with Gasteiger partial charge in [0.1, 0.15) is 6.61 Å². The Morgan fingerprint density at radius 1 is 1.09 bits per heavy atom. The molecule has 0 bridgehead atoms. The zero-order chi connectivity index (χ0) is 16.9. The van der Waals surface area contributed by atoms with E-state index in [4.69, 9.17) is 8.92 Å². The molecule has 0 N–H and O–H groups in total. The number of benzene rings is 2. The molecule has 0 amide bonds. The first-order valence-electron chi connectivity index (χ1n) is 6.68. The minimum atomic E-state index is -3.73. The van der Waals surface area contributed by atoms with E-state index < -0.39 is 10.1 Å². The van der Waals surface area contributed by atoms with Gasteiger partial charge < -0.3 is 8.92 Å². The molecule has 2 aromatic rings. The number of ketones is 1. The molecule has 2 aromatic carbocycles. The zero-order valence-corrected chi connectivity index (χ0v) is 14.8. The van der Waals surface area contributed by atoms with Crippen molar-refractivity contribution in [2.75, 3.05) is 11.6 Å². The topological polar surface area (TPSA) is 69.7 Å². The average Bonchev–Trinajstić information content (AvgIpc) is 2.52. The second-order valence-electron chi connectivity index (χ2n) is 4.78. The van der Waals surface area contributed by atoms with Crippen molar-refractivity contribution in [3.05, 3.63) is 59.7 Å². The van der Waals surface area contributed by atoms with Crippen LogP contribution in [-0.2, 0) is 16.7 Å². The molecule has 0 saturated heterocycles. The summed E-state index contributed by atoms with van der Waals surface area (Å²) in [5.74, 6) is 0.0681. The normalized spacial score (nSPS) is 11.0. The van der Waals surface area contributed by atoms with Gasteiger partial charge in [0.15, 0.2) is 17.3 Å². The van der Waals surface area contributed by atoms with Crippen LogP contribution in [0.15, 0.2) is 48.5 Å². The van der Waals surface area contributed by atoms with Crippen LogP contribution >= 0.6 is 15.9 Å². The molecule has 23 heavy (non-hydrogen) atoms. The van der Waals surface area contributed by atoms with Crippen molar-refractivity contribution in [3.8, 4) is 11.5 Å². The molecule has 0 aromatic heterocycles. The summed E-state index contributed by atoms with van der Waals surface area (Å²) in [5, 5.41) is 0.134. The molecule has 5 nitrogen and oxygen atoms in total. The molecule has 0 radical (unpaired) electrons. The smallest absolute Gasteiger partial charge is 0.306 e. The van der Waals surface area contributed by atoms with E-state index >= 15 is 0 Å². The molecule has 0 aliphatic rings. The predicted molar refractivity (Wildman–Crippen MR) is 90.8 cm³/mol. The molecule has 0 heterocycles. The Balaban J connectivity index is 2.28. The van der Waals surface area contributed by atoms with Crippen LogP contribution in [0.1, 0.15) is 15.9 Å². The quantitative estimate of drug-likeness (QED) is 0.406. The molecule has 122 valence electrons. The minimum absolute atomic E-state index is 0.00442. The van der Waals surface area contributed by atoms with Gasteiger partial charge in [-0.25, -0.2) is 0 Å². The Hall–Kier alpha value is -1.86. The number of rotatable bonds is 7. The first-order chi connectivity index (χ1) is 10.9. The average molecular weight is 399 g/mol. The van der Waals surface area contributed by atoms with Crippen LogP contribution in [0.2, 0.25) is 0 Å². The SMILES string of the molecule is CS(=O)(=O)Oc1cc(C(=O)CBr)ccc1OCc1ccccc1. The van der Waals surface area contributed by atoms with Gasteiger partial charge in [-0.1, -0.05) is 46.3 Å². The maximum absolute atomic E-state index is 11.7. The molecular formula is C16H15BrO5S. The molecule has 0 unspecified atom stereocenters. The van der Waals surface area contributed by atoms with Gasteiger partial charge in [0.2, 0.25) is 0 Å². The van der Waals surface area contributed by atoms with Crippen LogP contribution < -0.4 is 8.92 Å². The lowest BCUT2D eigenvalue weighted by Crippen LogP contribution is -2.09. The van der Waals surface area contributed by atoms with E-state index in [1.807, 2.05) is 30.3 Å². The first-order valence-corrected chi connectivity index (χ1v) is 9.62. The second kappa shape index (κ2) is 7.61. The number of hydrogen-bond acceptors (Lipinski definition) is 5. The highest BCUT2D eigenvalue weighted by molar-refractivity contribution is 9.09. The largest absolute Gasteiger partial charge is 0.485 e. The van der Waals surface area contributed by atoms with Gasteiger partial charge in [-0.3, -0.25) is 4.79 Å². The number of hydrogen-bond donors (Lipinski definition) is 0. The number of carbonyl (C=O) groups is 1. The lowest BCUT2D eigenvalue weighted by Gasteiger charge is -2.12. The van der Waals surface area contributed by atoms with Crippen LogP contribution in [0.4, 0.5) is 0 Å². The molecule has 0 aliphatic carbocycles. The van der Waals surface area contributed by atoms with E-state index in [9.17, 15) is 13.2 Å². The third-order valence-electron chi connectivity index (χ3n) is 2.87.